The molecule has 180 valence electrons. The Morgan fingerprint density at radius 2 is 1.37 bits per heavy atom. The Labute approximate surface area is 204 Å². The van der Waals surface area contributed by atoms with E-state index in [1.807, 2.05) is 78.9 Å². The van der Waals surface area contributed by atoms with Gasteiger partial charge in [0.25, 0.3) is 0 Å². The Morgan fingerprint density at radius 3 is 1.91 bits per heavy atom. The molecule has 3 N–H and O–H groups in total. The van der Waals surface area contributed by atoms with Gasteiger partial charge < -0.3 is 20.5 Å². The van der Waals surface area contributed by atoms with Crippen LogP contribution in [0, 0.1) is 5.92 Å². The van der Waals surface area contributed by atoms with Gasteiger partial charge in [-0.25, -0.2) is 9.59 Å². The Kier molecular flexibility index (Phi) is 7.15. The van der Waals surface area contributed by atoms with Crippen molar-refractivity contribution < 1.29 is 24.2 Å². The molecule has 0 saturated carbocycles. The quantitative estimate of drug-likeness (QED) is 0.453. The van der Waals surface area contributed by atoms with Crippen molar-refractivity contribution in [2.24, 2.45) is 5.92 Å². The number of carbonyl (C=O) groups is 3. The number of carboxylic acids is 1. The van der Waals surface area contributed by atoms with Crippen molar-refractivity contribution in [2.75, 3.05) is 0 Å². The van der Waals surface area contributed by atoms with Crippen LogP contribution in [-0.4, -0.2) is 35.2 Å². The smallest absolute Gasteiger partial charge is 0.408 e. The number of fused-ring (bicyclic) bond motifs is 3. The maximum absolute atomic E-state index is 13.2. The number of rotatable bonds is 8. The van der Waals surface area contributed by atoms with Gasteiger partial charge in [-0.3, -0.25) is 4.79 Å². The number of carbonyl (C=O) groups excluding carboxylic acids is 2. The third kappa shape index (κ3) is 5.19. The Bertz CT molecular complexity index is 1180. The monoisotopic (exact) mass is 472 g/mol. The lowest BCUT2D eigenvalue weighted by atomic mass is 9.88. The van der Waals surface area contributed by atoms with E-state index in [2.05, 4.69) is 10.6 Å². The van der Waals surface area contributed by atoms with E-state index < -0.39 is 36.0 Å². The third-order valence-electron chi connectivity index (χ3n) is 6.21. The van der Waals surface area contributed by atoms with E-state index in [9.17, 15) is 19.5 Å². The molecule has 0 radical (unpaired) electrons. The van der Waals surface area contributed by atoms with Crippen LogP contribution in [-0.2, 0) is 20.9 Å². The van der Waals surface area contributed by atoms with Crippen molar-refractivity contribution >= 4 is 18.0 Å². The zero-order valence-electron chi connectivity index (χ0n) is 19.6. The zero-order valence-corrected chi connectivity index (χ0v) is 19.6. The fourth-order valence-corrected chi connectivity index (χ4v) is 4.51. The number of alkyl carbamates (subject to hydrolysis) is 1. The topological polar surface area (TPSA) is 105 Å². The number of aliphatic carboxylic acids is 1. The lowest BCUT2D eigenvalue weighted by Gasteiger charge is -2.27. The SMILES string of the molecule is CC(C)[C@@H](NC(=O)OCc1ccccc1)C(=O)N[C@H](C(=O)O)C1c2ccccc2-c2ccccc21. The van der Waals surface area contributed by atoms with Crippen molar-refractivity contribution in [3.05, 3.63) is 95.6 Å². The van der Waals surface area contributed by atoms with Crippen molar-refractivity contribution in [2.45, 2.75) is 38.5 Å². The van der Waals surface area contributed by atoms with E-state index in [0.29, 0.717) is 0 Å². The number of amides is 2. The van der Waals surface area contributed by atoms with Gasteiger partial charge in [0.05, 0.1) is 0 Å². The summed E-state index contributed by atoms with van der Waals surface area (Å²) in [7, 11) is 0. The number of carboxylic acid groups (broad SMARTS) is 1. The number of nitrogens with one attached hydrogen (secondary N) is 2. The summed E-state index contributed by atoms with van der Waals surface area (Å²) in [6.07, 6.45) is -0.744. The predicted molar refractivity (Wildman–Crippen MR) is 132 cm³/mol. The molecule has 0 spiro atoms. The molecule has 0 unspecified atom stereocenters. The fourth-order valence-electron chi connectivity index (χ4n) is 4.51. The minimum absolute atomic E-state index is 0.0620. The zero-order chi connectivity index (χ0) is 24.9. The summed E-state index contributed by atoms with van der Waals surface area (Å²) in [5.41, 5.74) is 4.42. The largest absolute Gasteiger partial charge is 0.480 e. The summed E-state index contributed by atoms with van der Waals surface area (Å²) in [5.74, 6) is -2.58. The molecular formula is C28H28N2O5. The molecule has 2 amide bonds. The van der Waals surface area contributed by atoms with Crippen molar-refractivity contribution in [1.82, 2.24) is 10.6 Å². The molecule has 1 aliphatic rings. The molecular weight excluding hydrogens is 444 g/mol. The summed E-state index contributed by atoms with van der Waals surface area (Å²) in [5, 5.41) is 15.4. The van der Waals surface area contributed by atoms with E-state index in [-0.39, 0.29) is 12.5 Å². The van der Waals surface area contributed by atoms with Crippen molar-refractivity contribution in [3.63, 3.8) is 0 Å². The van der Waals surface area contributed by atoms with Gasteiger partial charge in [0.15, 0.2) is 0 Å². The third-order valence-corrected chi connectivity index (χ3v) is 6.21. The maximum atomic E-state index is 13.2. The normalized spacial score (nSPS) is 13.9. The second-order valence-electron chi connectivity index (χ2n) is 8.90. The molecule has 1 aliphatic carbocycles. The second kappa shape index (κ2) is 10.4. The summed E-state index contributed by atoms with van der Waals surface area (Å²) in [6, 6.07) is 22.2. The van der Waals surface area contributed by atoms with Crippen LogP contribution in [0.25, 0.3) is 11.1 Å². The molecule has 0 aromatic heterocycles. The molecule has 3 aromatic carbocycles. The van der Waals surface area contributed by atoms with Gasteiger partial charge in [-0.05, 0) is 33.7 Å². The average molecular weight is 473 g/mol. The highest BCUT2D eigenvalue weighted by atomic mass is 16.5. The molecule has 7 nitrogen and oxygen atoms in total. The minimum atomic E-state index is -1.21. The van der Waals surface area contributed by atoms with Crippen LogP contribution in [0.1, 0.15) is 36.5 Å². The molecule has 0 fully saturated rings. The van der Waals surface area contributed by atoms with Gasteiger partial charge in [0, 0.05) is 5.92 Å². The van der Waals surface area contributed by atoms with E-state index in [1.165, 1.54) is 0 Å². The highest BCUT2D eigenvalue weighted by Crippen LogP contribution is 2.46. The van der Waals surface area contributed by atoms with E-state index in [1.54, 1.807) is 13.8 Å². The lowest BCUT2D eigenvalue weighted by molar-refractivity contribution is -0.142. The summed E-state index contributed by atoms with van der Waals surface area (Å²) >= 11 is 0. The Balaban J connectivity index is 1.51. The average Bonchev–Trinajstić information content (AvgIpc) is 3.19. The maximum Gasteiger partial charge on any atom is 0.408 e. The van der Waals surface area contributed by atoms with Crippen LogP contribution in [0.15, 0.2) is 78.9 Å². The van der Waals surface area contributed by atoms with Crippen LogP contribution < -0.4 is 10.6 Å². The van der Waals surface area contributed by atoms with Gasteiger partial charge in [-0.1, -0.05) is 92.7 Å². The van der Waals surface area contributed by atoms with Crippen molar-refractivity contribution in [1.29, 1.82) is 0 Å². The Morgan fingerprint density at radius 1 is 0.829 bits per heavy atom. The lowest BCUT2D eigenvalue weighted by Crippen LogP contribution is -2.55. The molecule has 4 rings (SSSR count). The molecule has 0 saturated heterocycles. The summed E-state index contributed by atoms with van der Waals surface area (Å²) < 4.78 is 5.26. The standard InChI is InChI=1S/C28H28N2O5/c1-17(2)24(30-28(34)35-16-18-10-4-3-5-11-18)26(31)29-25(27(32)33)23-21-14-8-6-12-19(21)20-13-7-9-15-22(20)23/h3-15,17,23-25H,16H2,1-2H3,(H,29,31)(H,30,34)(H,32,33)/t24-,25+/m1/s1. The number of ether oxygens (including phenoxy) is 1. The summed E-state index contributed by atoms with van der Waals surface area (Å²) in [6.45, 7) is 3.61. The first-order chi connectivity index (χ1) is 16.9. The second-order valence-corrected chi connectivity index (χ2v) is 8.90. The fraction of sp³-hybridized carbons (Fsp3) is 0.250. The first-order valence-electron chi connectivity index (χ1n) is 11.6. The number of hydrogen-bond acceptors (Lipinski definition) is 4. The summed E-state index contributed by atoms with van der Waals surface area (Å²) in [4.78, 5) is 38.0. The van der Waals surface area contributed by atoms with E-state index in [0.717, 1.165) is 27.8 Å². The molecule has 2 atom stereocenters. The van der Waals surface area contributed by atoms with Gasteiger partial charge in [-0.15, -0.1) is 0 Å². The number of benzene rings is 3. The molecule has 35 heavy (non-hydrogen) atoms. The van der Waals surface area contributed by atoms with Crippen LogP contribution >= 0.6 is 0 Å². The molecule has 0 aliphatic heterocycles. The van der Waals surface area contributed by atoms with Crippen LogP contribution in [0.2, 0.25) is 0 Å². The number of hydrogen-bond donors (Lipinski definition) is 3. The van der Waals surface area contributed by atoms with Crippen LogP contribution in [0.5, 0.6) is 0 Å². The van der Waals surface area contributed by atoms with Crippen molar-refractivity contribution in [3.8, 4) is 11.1 Å². The van der Waals surface area contributed by atoms with Gasteiger partial charge in [-0.2, -0.15) is 0 Å². The van der Waals surface area contributed by atoms with Gasteiger partial charge in [0.1, 0.15) is 18.7 Å². The van der Waals surface area contributed by atoms with E-state index in [4.69, 9.17) is 4.74 Å². The predicted octanol–water partition coefficient (Wildman–Crippen LogP) is 4.32. The molecule has 0 bridgehead atoms. The van der Waals surface area contributed by atoms with Gasteiger partial charge in [0.2, 0.25) is 5.91 Å². The molecule has 7 heteroatoms. The van der Waals surface area contributed by atoms with Crippen LogP contribution in [0.4, 0.5) is 4.79 Å². The molecule has 0 heterocycles. The molecule has 3 aromatic rings. The first-order valence-corrected chi connectivity index (χ1v) is 11.6. The van der Waals surface area contributed by atoms with Crippen LogP contribution in [0.3, 0.4) is 0 Å². The highest BCUT2D eigenvalue weighted by Gasteiger charge is 2.40. The van der Waals surface area contributed by atoms with E-state index >= 15 is 0 Å². The highest BCUT2D eigenvalue weighted by molar-refractivity contribution is 5.92. The Hall–Kier alpha value is -4.13. The van der Waals surface area contributed by atoms with Gasteiger partial charge >= 0.3 is 12.1 Å². The minimum Gasteiger partial charge on any atom is -0.480 e. The first kappa shape index (κ1) is 24.0.